The molecule has 2 rings (SSSR count). The largest absolute Gasteiger partial charge is 0.480 e. The number of piperidine rings is 1. The standard InChI is InChI=1S/C15H20N2O5S/c1-9-7-11(8-13(10(9)2)23(16,21)22)14(18)17-6-4-3-5-12(17)15(19)20/h7-8,12H,3-6H2,1-2H3,(H,19,20)(H2,16,21,22)/t12-/m0/s1. The SMILES string of the molecule is Cc1cc(C(=O)N2CCCC[C@H]2C(=O)O)cc(S(N)(=O)=O)c1C. The lowest BCUT2D eigenvalue weighted by atomic mass is 9.99. The third-order valence-electron chi connectivity index (χ3n) is 4.22. The molecule has 1 heterocycles. The molecule has 8 heteroatoms. The number of nitrogens with two attached hydrogens (primary N) is 1. The van der Waals surface area contributed by atoms with Crippen LogP contribution >= 0.6 is 0 Å². The van der Waals surface area contributed by atoms with Crippen LogP contribution < -0.4 is 5.14 Å². The van der Waals surface area contributed by atoms with Crippen molar-refractivity contribution in [3.8, 4) is 0 Å². The smallest absolute Gasteiger partial charge is 0.326 e. The molecular formula is C15H20N2O5S. The Kier molecular flexibility index (Phi) is 4.76. The fraction of sp³-hybridized carbons (Fsp3) is 0.467. The lowest BCUT2D eigenvalue weighted by molar-refractivity contribution is -0.143. The first-order valence-corrected chi connectivity index (χ1v) is 8.85. The van der Waals surface area contributed by atoms with E-state index in [0.29, 0.717) is 24.1 Å². The number of carboxylic acid groups (broad SMARTS) is 1. The van der Waals surface area contributed by atoms with Gasteiger partial charge in [0.1, 0.15) is 6.04 Å². The van der Waals surface area contributed by atoms with Crippen molar-refractivity contribution in [2.45, 2.75) is 44.0 Å². The van der Waals surface area contributed by atoms with Crippen molar-refractivity contribution in [3.63, 3.8) is 0 Å². The maximum Gasteiger partial charge on any atom is 0.326 e. The zero-order chi connectivity index (χ0) is 17.4. The minimum absolute atomic E-state index is 0.107. The van der Waals surface area contributed by atoms with Gasteiger partial charge in [-0.25, -0.2) is 18.4 Å². The number of nitrogens with zero attached hydrogens (tertiary/aromatic N) is 1. The zero-order valence-electron chi connectivity index (χ0n) is 13.1. The van der Waals surface area contributed by atoms with E-state index in [1.54, 1.807) is 19.9 Å². The number of carbonyl (C=O) groups excluding carboxylic acids is 1. The fourth-order valence-corrected chi connectivity index (χ4v) is 3.72. The summed E-state index contributed by atoms with van der Waals surface area (Å²) in [5, 5.41) is 14.5. The van der Waals surface area contributed by atoms with Crippen LogP contribution in [-0.4, -0.2) is 42.9 Å². The molecule has 0 saturated carbocycles. The Morgan fingerprint density at radius 2 is 1.91 bits per heavy atom. The number of aryl methyl sites for hydroxylation is 1. The van der Waals surface area contributed by atoms with E-state index in [0.717, 1.165) is 12.8 Å². The van der Waals surface area contributed by atoms with E-state index in [4.69, 9.17) is 5.14 Å². The van der Waals surface area contributed by atoms with E-state index in [1.165, 1.54) is 11.0 Å². The quantitative estimate of drug-likeness (QED) is 0.852. The van der Waals surface area contributed by atoms with Crippen LogP contribution in [0.25, 0.3) is 0 Å². The summed E-state index contributed by atoms with van der Waals surface area (Å²) >= 11 is 0. The van der Waals surface area contributed by atoms with Gasteiger partial charge in [-0.1, -0.05) is 0 Å². The van der Waals surface area contributed by atoms with Gasteiger partial charge in [0.05, 0.1) is 4.90 Å². The minimum Gasteiger partial charge on any atom is -0.480 e. The number of carboxylic acids is 1. The highest BCUT2D eigenvalue weighted by Crippen LogP contribution is 2.24. The second kappa shape index (κ2) is 6.29. The molecule has 0 radical (unpaired) electrons. The lowest BCUT2D eigenvalue weighted by Crippen LogP contribution is -2.48. The normalized spacial score (nSPS) is 18.7. The van der Waals surface area contributed by atoms with Crippen molar-refractivity contribution < 1.29 is 23.1 Å². The van der Waals surface area contributed by atoms with E-state index >= 15 is 0 Å². The molecule has 0 spiro atoms. The number of sulfonamides is 1. The molecule has 7 nitrogen and oxygen atoms in total. The van der Waals surface area contributed by atoms with Crippen molar-refractivity contribution >= 4 is 21.9 Å². The van der Waals surface area contributed by atoms with Gasteiger partial charge < -0.3 is 10.0 Å². The van der Waals surface area contributed by atoms with E-state index in [1.807, 2.05) is 0 Å². The van der Waals surface area contributed by atoms with Crippen LogP contribution in [0.2, 0.25) is 0 Å². The van der Waals surface area contributed by atoms with Crippen LogP contribution in [0.5, 0.6) is 0 Å². The Hall–Kier alpha value is -1.93. The van der Waals surface area contributed by atoms with Gasteiger partial charge in [-0.15, -0.1) is 0 Å². The number of primary sulfonamides is 1. The molecule has 1 aromatic rings. The Morgan fingerprint density at radius 1 is 1.26 bits per heavy atom. The van der Waals surface area contributed by atoms with Gasteiger partial charge in [0.2, 0.25) is 10.0 Å². The van der Waals surface area contributed by atoms with Gasteiger partial charge in [-0.3, -0.25) is 4.79 Å². The Bertz CT molecular complexity index is 757. The van der Waals surface area contributed by atoms with Crippen molar-refractivity contribution in [3.05, 3.63) is 28.8 Å². The van der Waals surface area contributed by atoms with E-state index < -0.39 is 27.9 Å². The van der Waals surface area contributed by atoms with Gasteiger partial charge in [0, 0.05) is 12.1 Å². The van der Waals surface area contributed by atoms with Crippen molar-refractivity contribution in [1.29, 1.82) is 0 Å². The van der Waals surface area contributed by atoms with Crippen LogP contribution in [0.3, 0.4) is 0 Å². The zero-order valence-corrected chi connectivity index (χ0v) is 13.9. The lowest BCUT2D eigenvalue weighted by Gasteiger charge is -2.33. The molecule has 1 aliphatic heterocycles. The number of hydrogen-bond donors (Lipinski definition) is 2. The molecule has 0 aromatic heterocycles. The number of amides is 1. The van der Waals surface area contributed by atoms with Crippen molar-refractivity contribution in [2.75, 3.05) is 6.54 Å². The van der Waals surface area contributed by atoms with Crippen LogP contribution in [0.1, 0.15) is 40.7 Å². The molecule has 0 unspecified atom stereocenters. The average molecular weight is 340 g/mol. The number of hydrogen-bond acceptors (Lipinski definition) is 4. The van der Waals surface area contributed by atoms with Gasteiger partial charge >= 0.3 is 5.97 Å². The molecule has 23 heavy (non-hydrogen) atoms. The molecule has 0 bridgehead atoms. The predicted molar refractivity (Wildman–Crippen MR) is 83.6 cm³/mol. The van der Waals surface area contributed by atoms with Crippen molar-refractivity contribution in [2.24, 2.45) is 5.14 Å². The molecule has 1 fully saturated rings. The van der Waals surface area contributed by atoms with E-state index in [2.05, 4.69) is 0 Å². The second-order valence-electron chi connectivity index (χ2n) is 5.81. The summed E-state index contributed by atoms with van der Waals surface area (Å²) in [7, 11) is -3.96. The first-order chi connectivity index (χ1) is 10.6. The minimum atomic E-state index is -3.96. The average Bonchev–Trinajstić information content (AvgIpc) is 2.47. The van der Waals surface area contributed by atoms with E-state index in [9.17, 15) is 23.1 Å². The fourth-order valence-electron chi connectivity index (χ4n) is 2.84. The number of likely N-dealkylation sites (tertiary alicyclic amines) is 1. The van der Waals surface area contributed by atoms with Gasteiger partial charge in [-0.2, -0.15) is 0 Å². The molecule has 0 aliphatic carbocycles. The third kappa shape index (κ3) is 3.53. The summed E-state index contributed by atoms with van der Waals surface area (Å²) in [6.07, 6.45) is 1.87. The first-order valence-electron chi connectivity index (χ1n) is 7.30. The summed E-state index contributed by atoms with van der Waals surface area (Å²) in [6.45, 7) is 3.64. The van der Waals surface area contributed by atoms with Crippen LogP contribution in [0.15, 0.2) is 17.0 Å². The Labute approximate surface area is 135 Å². The maximum absolute atomic E-state index is 12.7. The molecule has 1 aromatic carbocycles. The van der Waals surface area contributed by atoms with Gasteiger partial charge in [0.25, 0.3) is 5.91 Å². The summed E-state index contributed by atoms with van der Waals surface area (Å²) in [5.74, 6) is -1.53. The number of aliphatic carboxylic acids is 1. The second-order valence-corrected chi connectivity index (χ2v) is 7.34. The summed E-state index contributed by atoms with van der Waals surface area (Å²) in [5.41, 5.74) is 1.24. The maximum atomic E-state index is 12.7. The molecule has 1 saturated heterocycles. The summed E-state index contributed by atoms with van der Waals surface area (Å²) < 4.78 is 23.4. The van der Waals surface area contributed by atoms with Crippen LogP contribution in [0, 0.1) is 13.8 Å². The number of carbonyl (C=O) groups is 2. The van der Waals surface area contributed by atoms with Crippen LogP contribution in [-0.2, 0) is 14.8 Å². The highest BCUT2D eigenvalue weighted by atomic mass is 32.2. The Morgan fingerprint density at radius 3 is 2.48 bits per heavy atom. The molecular weight excluding hydrogens is 320 g/mol. The molecule has 126 valence electrons. The van der Waals surface area contributed by atoms with E-state index in [-0.39, 0.29) is 10.5 Å². The highest BCUT2D eigenvalue weighted by Gasteiger charge is 2.33. The summed E-state index contributed by atoms with van der Waals surface area (Å²) in [4.78, 5) is 25.2. The number of rotatable bonds is 3. The highest BCUT2D eigenvalue weighted by molar-refractivity contribution is 7.89. The van der Waals surface area contributed by atoms with Gasteiger partial charge in [-0.05, 0) is 56.4 Å². The first kappa shape index (κ1) is 17.4. The molecule has 3 N–H and O–H groups in total. The van der Waals surface area contributed by atoms with Gasteiger partial charge in [0.15, 0.2) is 0 Å². The monoisotopic (exact) mass is 340 g/mol. The van der Waals surface area contributed by atoms with Crippen molar-refractivity contribution in [1.82, 2.24) is 4.90 Å². The predicted octanol–water partition coefficient (Wildman–Crippen LogP) is 1.03. The topological polar surface area (TPSA) is 118 Å². The summed E-state index contributed by atoms with van der Waals surface area (Å²) in [6, 6.07) is 1.92. The number of benzene rings is 1. The van der Waals surface area contributed by atoms with Crippen LogP contribution in [0.4, 0.5) is 0 Å². The molecule has 1 amide bonds. The molecule has 1 atom stereocenters. The molecule has 1 aliphatic rings. The third-order valence-corrected chi connectivity index (χ3v) is 5.26. The Balaban J connectivity index is 2.47.